The minimum Gasteiger partial charge on any atom is -0.0845 e. The van der Waals surface area contributed by atoms with Crippen LogP contribution in [-0.2, 0) is 0 Å². The summed E-state index contributed by atoms with van der Waals surface area (Å²) in [5.41, 5.74) is 0. The van der Waals surface area contributed by atoms with Crippen molar-refractivity contribution in [3.63, 3.8) is 0 Å². The first-order valence-corrected chi connectivity index (χ1v) is 7.48. The predicted molar refractivity (Wildman–Crippen MR) is 96.1 cm³/mol. The van der Waals surface area contributed by atoms with E-state index < -0.39 is 0 Å². The van der Waals surface area contributed by atoms with Gasteiger partial charge in [0.2, 0.25) is 0 Å². The fraction of sp³-hybridized carbons (Fsp3) is 0.143. The van der Waals surface area contributed by atoms with E-state index in [0.717, 1.165) is 12.8 Å². The third kappa shape index (κ3) is 12.4. The fourth-order valence-corrected chi connectivity index (χ4v) is 1.60. The monoisotopic (exact) mass is 276 g/mol. The molecule has 0 heterocycles. The van der Waals surface area contributed by atoms with Gasteiger partial charge in [-0.2, -0.15) is 0 Å². The third-order valence-corrected chi connectivity index (χ3v) is 2.68. The summed E-state index contributed by atoms with van der Waals surface area (Å²) in [5.74, 6) is 0. The molecule has 108 valence electrons. The number of allylic oxidation sites excluding steroid dienone is 18. The average Bonchev–Trinajstić information content (AvgIpc) is 2.50. The lowest BCUT2D eigenvalue weighted by Crippen LogP contribution is -1.68. The molecule has 1 rings (SSSR count). The van der Waals surface area contributed by atoms with Crippen LogP contribution >= 0.6 is 0 Å². The van der Waals surface area contributed by atoms with Gasteiger partial charge in [0.15, 0.2) is 0 Å². The molecule has 0 saturated carbocycles. The summed E-state index contributed by atoms with van der Waals surface area (Å²) >= 11 is 0. The summed E-state index contributed by atoms with van der Waals surface area (Å²) in [4.78, 5) is 0. The van der Waals surface area contributed by atoms with Crippen molar-refractivity contribution in [2.75, 3.05) is 0 Å². The summed E-state index contributed by atoms with van der Waals surface area (Å²) in [5, 5.41) is 0. The van der Waals surface area contributed by atoms with Gasteiger partial charge in [0.1, 0.15) is 0 Å². The zero-order chi connectivity index (χ0) is 14.8. The van der Waals surface area contributed by atoms with E-state index >= 15 is 0 Å². The molecule has 0 bridgehead atoms. The zero-order valence-corrected chi connectivity index (χ0v) is 12.5. The van der Waals surface area contributed by atoms with Crippen LogP contribution in [-0.4, -0.2) is 0 Å². The Morgan fingerprint density at radius 1 is 0.286 bits per heavy atom. The van der Waals surface area contributed by atoms with Crippen molar-refractivity contribution in [3.05, 3.63) is 109 Å². The Balaban J connectivity index is 2.56. The smallest absolute Gasteiger partial charge is 0.0345 e. The van der Waals surface area contributed by atoms with Crippen molar-refractivity contribution in [3.8, 4) is 0 Å². The van der Waals surface area contributed by atoms with E-state index in [2.05, 4.69) is 36.5 Å². The molecule has 1 aliphatic carbocycles. The summed E-state index contributed by atoms with van der Waals surface area (Å²) in [6, 6.07) is 0. The van der Waals surface area contributed by atoms with E-state index in [4.69, 9.17) is 0 Å². The Bertz CT molecular complexity index is 454. The molecule has 0 saturated heterocycles. The normalized spacial score (nSPS) is 29.3. The maximum Gasteiger partial charge on any atom is -0.0345 e. The SMILES string of the molecule is C1=CCCC/C=C/C=C\C=C\C=C\C=C/C=C\C=C/C=C/1. The van der Waals surface area contributed by atoms with Crippen LogP contribution in [0.2, 0.25) is 0 Å². The summed E-state index contributed by atoms with van der Waals surface area (Å²) in [7, 11) is 0. The topological polar surface area (TPSA) is 0 Å². The van der Waals surface area contributed by atoms with E-state index in [1.54, 1.807) is 0 Å². The number of hydrogen-bond donors (Lipinski definition) is 0. The van der Waals surface area contributed by atoms with E-state index in [1.807, 2.05) is 72.9 Å². The molecule has 0 aromatic carbocycles. The van der Waals surface area contributed by atoms with Crippen molar-refractivity contribution in [1.29, 1.82) is 0 Å². The molecular formula is C21H24. The van der Waals surface area contributed by atoms with E-state index in [9.17, 15) is 0 Å². The van der Waals surface area contributed by atoms with Crippen LogP contribution in [0.5, 0.6) is 0 Å². The highest BCUT2D eigenvalue weighted by Gasteiger charge is 1.78. The number of hydrogen-bond acceptors (Lipinski definition) is 0. The van der Waals surface area contributed by atoms with Crippen molar-refractivity contribution >= 4 is 0 Å². The van der Waals surface area contributed by atoms with Crippen molar-refractivity contribution in [1.82, 2.24) is 0 Å². The van der Waals surface area contributed by atoms with Crippen LogP contribution in [0, 0.1) is 0 Å². The Morgan fingerprint density at radius 2 is 0.524 bits per heavy atom. The molecule has 0 aliphatic heterocycles. The van der Waals surface area contributed by atoms with Gasteiger partial charge < -0.3 is 0 Å². The Kier molecular flexibility index (Phi) is 11.2. The van der Waals surface area contributed by atoms with Gasteiger partial charge in [-0.1, -0.05) is 109 Å². The first kappa shape index (κ1) is 16.7. The zero-order valence-electron chi connectivity index (χ0n) is 12.5. The van der Waals surface area contributed by atoms with Gasteiger partial charge >= 0.3 is 0 Å². The summed E-state index contributed by atoms with van der Waals surface area (Å²) in [6.07, 6.45) is 40.5. The maximum atomic E-state index is 2.21. The van der Waals surface area contributed by atoms with Crippen molar-refractivity contribution < 1.29 is 0 Å². The lowest BCUT2D eigenvalue weighted by Gasteiger charge is -1.88. The maximum absolute atomic E-state index is 2.21. The average molecular weight is 276 g/mol. The number of rotatable bonds is 0. The Morgan fingerprint density at radius 3 is 0.810 bits per heavy atom. The van der Waals surface area contributed by atoms with Gasteiger partial charge in [0.25, 0.3) is 0 Å². The van der Waals surface area contributed by atoms with Crippen LogP contribution < -0.4 is 0 Å². The highest BCUT2D eigenvalue weighted by atomic mass is 13.8. The van der Waals surface area contributed by atoms with Crippen LogP contribution in [0.3, 0.4) is 0 Å². The van der Waals surface area contributed by atoms with Gasteiger partial charge in [-0.25, -0.2) is 0 Å². The molecule has 0 N–H and O–H groups in total. The molecule has 0 amide bonds. The molecular weight excluding hydrogens is 252 g/mol. The molecule has 0 unspecified atom stereocenters. The second kappa shape index (κ2) is 14.1. The molecule has 0 aromatic rings. The second-order valence-electron chi connectivity index (χ2n) is 4.48. The molecule has 0 nitrogen and oxygen atoms in total. The highest BCUT2D eigenvalue weighted by Crippen LogP contribution is 1.98. The largest absolute Gasteiger partial charge is 0.0845 e. The molecule has 0 atom stereocenters. The molecule has 0 spiro atoms. The molecule has 21 heavy (non-hydrogen) atoms. The lowest BCUT2D eigenvalue weighted by atomic mass is 10.2. The van der Waals surface area contributed by atoms with Gasteiger partial charge in [-0.15, -0.1) is 0 Å². The van der Waals surface area contributed by atoms with Crippen LogP contribution in [0.4, 0.5) is 0 Å². The Labute approximate surface area is 129 Å². The lowest BCUT2D eigenvalue weighted by molar-refractivity contribution is 0.868. The van der Waals surface area contributed by atoms with Crippen LogP contribution in [0.25, 0.3) is 0 Å². The van der Waals surface area contributed by atoms with Gasteiger partial charge in [-0.3, -0.25) is 0 Å². The highest BCUT2D eigenvalue weighted by molar-refractivity contribution is 5.21. The minimum absolute atomic E-state index is 1.12. The first-order chi connectivity index (χ1) is 10.5. The van der Waals surface area contributed by atoms with Crippen molar-refractivity contribution in [2.45, 2.75) is 19.3 Å². The first-order valence-electron chi connectivity index (χ1n) is 7.48. The third-order valence-electron chi connectivity index (χ3n) is 2.68. The minimum atomic E-state index is 1.12. The molecule has 1 aliphatic rings. The standard InChI is InChI=1S/C21H24/c1-2-4-6-8-10-12-14-16-18-20-21-19-17-15-13-11-9-7-5-3-1/h1-18H,19-21H2/b2-1-,5-3-,6-4+,9-7-,10-8+,13-11+,14-12-,17-15?,18-16+. The van der Waals surface area contributed by atoms with Crippen LogP contribution in [0.15, 0.2) is 109 Å². The molecule has 0 heteroatoms. The van der Waals surface area contributed by atoms with E-state index in [-0.39, 0.29) is 0 Å². The van der Waals surface area contributed by atoms with Crippen molar-refractivity contribution in [2.24, 2.45) is 0 Å². The van der Waals surface area contributed by atoms with Gasteiger partial charge in [0.05, 0.1) is 0 Å². The fourth-order valence-electron chi connectivity index (χ4n) is 1.60. The summed E-state index contributed by atoms with van der Waals surface area (Å²) < 4.78 is 0. The summed E-state index contributed by atoms with van der Waals surface area (Å²) in [6.45, 7) is 0. The van der Waals surface area contributed by atoms with E-state index in [0.29, 0.717) is 0 Å². The Hall–Kier alpha value is -2.34. The van der Waals surface area contributed by atoms with Gasteiger partial charge in [-0.05, 0) is 19.3 Å². The van der Waals surface area contributed by atoms with Crippen LogP contribution in [0.1, 0.15) is 19.3 Å². The molecule has 0 aromatic heterocycles. The van der Waals surface area contributed by atoms with E-state index in [1.165, 1.54) is 6.42 Å². The van der Waals surface area contributed by atoms with Gasteiger partial charge in [0, 0.05) is 0 Å². The second-order valence-corrected chi connectivity index (χ2v) is 4.48. The quantitative estimate of drug-likeness (QED) is 0.496. The molecule has 0 radical (unpaired) electrons. The molecule has 0 fully saturated rings. The predicted octanol–water partition coefficient (Wildman–Crippen LogP) is 6.18.